The van der Waals surface area contributed by atoms with Crippen molar-refractivity contribution >= 4 is 11.7 Å². The fourth-order valence-electron chi connectivity index (χ4n) is 1.38. The lowest BCUT2D eigenvalue weighted by Crippen LogP contribution is -2.13. The Labute approximate surface area is 122 Å². The number of hydrogen-bond donors (Lipinski definition) is 2. The van der Waals surface area contributed by atoms with Crippen molar-refractivity contribution in [3.63, 3.8) is 0 Å². The molecule has 0 unspecified atom stereocenters. The molecule has 118 valence electrons. The van der Waals surface area contributed by atoms with E-state index in [-0.39, 0.29) is 23.7 Å². The van der Waals surface area contributed by atoms with Gasteiger partial charge in [0.15, 0.2) is 0 Å². The topological polar surface area (TPSA) is 113 Å². The van der Waals surface area contributed by atoms with E-state index in [0.29, 0.717) is 33.0 Å². The van der Waals surface area contributed by atoms with Gasteiger partial charge in [-0.15, -0.1) is 0 Å². The Morgan fingerprint density at radius 1 is 1.19 bits per heavy atom. The van der Waals surface area contributed by atoms with Crippen LogP contribution in [0, 0.1) is 0 Å². The number of pyridine rings is 1. The molecule has 0 aliphatic carbocycles. The Bertz CT molecular complexity index is 441. The Morgan fingerprint density at radius 3 is 2.43 bits per heavy atom. The number of nitrogens with zero attached hydrogens (tertiary/aromatic N) is 1. The van der Waals surface area contributed by atoms with Crippen molar-refractivity contribution in [1.82, 2.24) is 4.98 Å². The summed E-state index contributed by atoms with van der Waals surface area (Å²) in [6, 6.07) is 1.28. The molecular weight excluding hydrogens is 280 g/mol. The predicted octanol–water partition coefficient (Wildman–Crippen LogP) is 0.420. The van der Waals surface area contributed by atoms with Crippen LogP contribution < -0.4 is 10.5 Å². The molecule has 0 radical (unpaired) electrons. The van der Waals surface area contributed by atoms with Crippen LogP contribution in [0.2, 0.25) is 0 Å². The van der Waals surface area contributed by atoms with Crippen LogP contribution in [0.1, 0.15) is 10.4 Å². The molecule has 3 N–H and O–H groups in total. The second-order valence-electron chi connectivity index (χ2n) is 3.98. The first kappa shape index (κ1) is 17.2. The molecular formula is C13H20N2O6. The lowest BCUT2D eigenvalue weighted by atomic mass is 10.2. The predicted molar refractivity (Wildman–Crippen MR) is 74.6 cm³/mol. The maximum atomic E-state index is 10.9. The lowest BCUT2D eigenvalue weighted by molar-refractivity contribution is 0.0176. The van der Waals surface area contributed by atoms with E-state index in [1.54, 1.807) is 7.11 Å². The molecule has 0 bridgehead atoms. The van der Waals surface area contributed by atoms with Gasteiger partial charge in [0.25, 0.3) is 0 Å². The third kappa shape index (κ3) is 6.89. The number of aromatic carboxylic acids is 1. The molecule has 0 fully saturated rings. The first-order valence-corrected chi connectivity index (χ1v) is 6.41. The van der Waals surface area contributed by atoms with E-state index in [9.17, 15) is 4.79 Å². The van der Waals surface area contributed by atoms with Crippen molar-refractivity contribution in [2.45, 2.75) is 0 Å². The van der Waals surface area contributed by atoms with Gasteiger partial charge in [-0.3, -0.25) is 0 Å². The number of nitrogens with two attached hydrogens (primary N) is 1. The lowest BCUT2D eigenvalue weighted by Gasteiger charge is -2.08. The zero-order valence-electron chi connectivity index (χ0n) is 11.9. The summed E-state index contributed by atoms with van der Waals surface area (Å²) in [6.07, 6.45) is 1.25. The van der Waals surface area contributed by atoms with E-state index < -0.39 is 5.97 Å². The smallest absolute Gasteiger partial charge is 0.338 e. The molecule has 0 atom stereocenters. The Kier molecular flexibility index (Phi) is 8.10. The highest BCUT2D eigenvalue weighted by molar-refractivity contribution is 5.93. The van der Waals surface area contributed by atoms with Crippen molar-refractivity contribution in [3.05, 3.63) is 17.8 Å². The van der Waals surface area contributed by atoms with E-state index in [4.69, 9.17) is 29.8 Å². The van der Waals surface area contributed by atoms with Crippen LogP contribution in [0.4, 0.5) is 5.69 Å². The summed E-state index contributed by atoms with van der Waals surface area (Å²) in [5.41, 5.74) is 5.55. The highest BCUT2D eigenvalue weighted by atomic mass is 16.6. The van der Waals surface area contributed by atoms with Crippen molar-refractivity contribution in [2.24, 2.45) is 0 Å². The SMILES string of the molecule is COCCOCCOCCOc1cc(C(=O)O)c(N)cn1. The molecule has 21 heavy (non-hydrogen) atoms. The summed E-state index contributed by atoms with van der Waals surface area (Å²) < 4.78 is 20.6. The van der Waals surface area contributed by atoms with Gasteiger partial charge < -0.3 is 29.8 Å². The van der Waals surface area contributed by atoms with E-state index in [1.807, 2.05) is 0 Å². The zero-order valence-corrected chi connectivity index (χ0v) is 11.9. The molecule has 1 aromatic rings. The van der Waals surface area contributed by atoms with Crippen LogP contribution in [-0.4, -0.2) is 62.8 Å². The largest absolute Gasteiger partial charge is 0.478 e. The number of aromatic nitrogens is 1. The summed E-state index contributed by atoms with van der Waals surface area (Å²) in [5, 5.41) is 8.91. The van der Waals surface area contributed by atoms with Gasteiger partial charge in [0.2, 0.25) is 5.88 Å². The number of rotatable bonds is 11. The molecule has 8 heteroatoms. The molecule has 1 heterocycles. The van der Waals surface area contributed by atoms with Gasteiger partial charge in [-0.2, -0.15) is 0 Å². The molecule has 1 aromatic heterocycles. The number of hydrogen-bond acceptors (Lipinski definition) is 7. The molecule has 0 aliphatic heterocycles. The third-order valence-corrected chi connectivity index (χ3v) is 2.42. The maximum Gasteiger partial charge on any atom is 0.338 e. The molecule has 0 saturated heterocycles. The van der Waals surface area contributed by atoms with Gasteiger partial charge in [0, 0.05) is 13.2 Å². The average Bonchev–Trinajstić information content (AvgIpc) is 2.47. The minimum Gasteiger partial charge on any atom is -0.478 e. The van der Waals surface area contributed by atoms with Gasteiger partial charge >= 0.3 is 5.97 Å². The van der Waals surface area contributed by atoms with Crippen molar-refractivity contribution in [2.75, 3.05) is 52.5 Å². The second kappa shape index (κ2) is 9.92. The number of methoxy groups -OCH3 is 1. The number of carboxylic acids is 1. The fourth-order valence-corrected chi connectivity index (χ4v) is 1.38. The monoisotopic (exact) mass is 300 g/mol. The average molecular weight is 300 g/mol. The molecule has 1 rings (SSSR count). The van der Waals surface area contributed by atoms with Gasteiger partial charge in [-0.1, -0.05) is 0 Å². The summed E-state index contributed by atoms with van der Waals surface area (Å²) >= 11 is 0. The van der Waals surface area contributed by atoms with Gasteiger partial charge in [-0.25, -0.2) is 9.78 Å². The van der Waals surface area contributed by atoms with Crippen molar-refractivity contribution < 1.29 is 28.8 Å². The minimum atomic E-state index is -1.12. The fraction of sp³-hybridized carbons (Fsp3) is 0.538. The van der Waals surface area contributed by atoms with Gasteiger partial charge in [-0.05, 0) is 0 Å². The van der Waals surface area contributed by atoms with Crippen LogP contribution in [0.15, 0.2) is 12.3 Å². The van der Waals surface area contributed by atoms with Crippen LogP contribution in [-0.2, 0) is 14.2 Å². The number of nitrogen functional groups attached to an aromatic ring is 1. The normalized spacial score (nSPS) is 10.5. The second-order valence-corrected chi connectivity index (χ2v) is 3.98. The van der Waals surface area contributed by atoms with Crippen LogP contribution in [0.25, 0.3) is 0 Å². The number of carboxylic acid groups (broad SMARTS) is 1. The van der Waals surface area contributed by atoms with Crippen LogP contribution in [0.5, 0.6) is 5.88 Å². The first-order valence-electron chi connectivity index (χ1n) is 6.41. The molecule has 8 nitrogen and oxygen atoms in total. The van der Waals surface area contributed by atoms with Crippen molar-refractivity contribution in [3.8, 4) is 5.88 Å². The van der Waals surface area contributed by atoms with Gasteiger partial charge in [0.05, 0.1) is 50.5 Å². The van der Waals surface area contributed by atoms with E-state index in [2.05, 4.69) is 4.98 Å². The molecule has 0 saturated carbocycles. The highest BCUT2D eigenvalue weighted by Gasteiger charge is 2.10. The minimum absolute atomic E-state index is 0.0348. The van der Waals surface area contributed by atoms with Crippen LogP contribution in [0.3, 0.4) is 0 Å². The van der Waals surface area contributed by atoms with E-state index in [0.717, 1.165) is 0 Å². The molecule has 0 aliphatic rings. The number of carbonyl (C=O) groups is 1. The first-order chi connectivity index (χ1) is 10.1. The molecule has 0 aromatic carbocycles. The quantitative estimate of drug-likeness (QED) is 0.565. The molecule has 0 spiro atoms. The summed E-state index contributed by atoms with van der Waals surface area (Å²) in [4.78, 5) is 14.8. The Hall–Kier alpha value is -1.90. The Morgan fingerprint density at radius 2 is 1.81 bits per heavy atom. The summed E-state index contributed by atoms with van der Waals surface area (Å²) in [5.74, 6) is -0.925. The number of ether oxygens (including phenoxy) is 4. The summed E-state index contributed by atoms with van der Waals surface area (Å²) in [7, 11) is 1.61. The Balaban J connectivity index is 2.16. The third-order valence-electron chi connectivity index (χ3n) is 2.42. The molecule has 0 amide bonds. The van der Waals surface area contributed by atoms with Crippen LogP contribution >= 0.6 is 0 Å². The van der Waals surface area contributed by atoms with E-state index >= 15 is 0 Å². The van der Waals surface area contributed by atoms with E-state index in [1.165, 1.54) is 12.3 Å². The van der Waals surface area contributed by atoms with Gasteiger partial charge in [0.1, 0.15) is 6.61 Å². The zero-order chi connectivity index (χ0) is 15.5. The standard InChI is InChI=1S/C13H20N2O6/c1-18-2-3-19-4-5-20-6-7-21-12-8-10(13(16)17)11(14)9-15-12/h8-9H,2-7,14H2,1H3,(H,16,17). The summed E-state index contributed by atoms with van der Waals surface area (Å²) in [6.45, 7) is 2.62. The number of anilines is 1. The highest BCUT2D eigenvalue weighted by Crippen LogP contribution is 2.16. The van der Waals surface area contributed by atoms with Crippen molar-refractivity contribution in [1.29, 1.82) is 0 Å². The maximum absolute atomic E-state index is 10.9.